The van der Waals surface area contributed by atoms with Crippen molar-refractivity contribution >= 4 is 45.9 Å². The number of hydrogen-bond acceptors (Lipinski definition) is 3. The van der Waals surface area contributed by atoms with Crippen LogP contribution in [0.3, 0.4) is 0 Å². The molecule has 0 amide bonds. The van der Waals surface area contributed by atoms with E-state index in [-0.39, 0.29) is 30.0 Å². The van der Waals surface area contributed by atoms with E-state index in [1.807, 2.05) is 24.0 Å². The number of aryl methyl sites for hydroxylation is 1. The predicted molar refractivity (Wildman–Crippen MR) is 127 cm³/mol. The van der Waals surface area contributed by atoms with Crippen molar-refractivity contribution in [3.8, 4) is 0 Å². The first kappa shape index (κ1) is 23.9. The Bertz CT molecular complexity index is 730. The highest BCUT2D eigenvalue weighted by molar-refractivity contribution is 14.0. The van der Waals surface area contributed by atoms with Crippen molar-refractivity contribution in [2.45, 2.75) is 19.5 Å². The zero-order valence-corrected chi connectivity index (χ0v) is 20.6. The molecule has 0 aliphatic heterocycles. The summed E-state index contributed by atoms with van der Waals surface area (Å²) in [5.74, 6) is 0.902. The number of benzene rings is 1. The first-order valence-electron chi connectivity index (χ1n) is 8.80. The van der Waals surface area contributed by atoms with Crippen LogP contribution in [0.1, 0.15) is 24.1 Å². The van der Waals surface area contributed by atoms with Gasteiger partial charge in [0.05, 0.1) is 18.8 Å². The molecule has 1 N–H and O–H groups in total. The number of aromatic nitrogens is 2. The normalized spacial score (nSPS) is 12.6. The van der Waals surface area contributed by atoms with Crippen LogP contribution in [-0.2, 0) is 13.6 Å². The average molecular weight is 549 g/mol. The van der Waals surface area contributed by atoms with Crippen LogP contribution < -0.4 is 5.32 Å². The van der Waals surface area contributed by atoms with Gasteiger partial charge in [-0.05, 0) is 32.6 Å². The second kappa shape index (κ2) is 11.7. The number of guanidine groups is 1. The molecular weight excluding hydrogens is 519 g/mol. The molecule has 0 aliphatic carbocycles. The van der Waals surface area contributed by atoms with Crippen molar-refractivity contribution in [2.75, 3.05) is 34.2 Å². The summed E-state index contributed by atoms with van der Waals surface area (Å²) in [5, 5.41) is 7.69. The van der Waals surface area contributed by atoms with Crippen molar-refractivity contribution in [2.24, 2.45) is 12.0 Å². The molecular formula is C19H30BrIN6. The van der Waals surface area contributed by atoms with E-state index in [1.54, 1.807) is 0 Å². The molecule has 6 nitrogen and oxygen atoms in total. The largest absolute Gasteiger partial charge is 0.357 e. The molecule has 2 rings (SSSR count). The van der Waals surface area contributed by atoms with Gasteiger partial charge in [-0.25, -0.2) is 0 Å². The van der Waals surface area contributed by atoms with Gasteiger partial charge in [0.2, 0.25) is 0 Å². The van der Waals surface area contributed by atoms with Crippen LogP contribution in [0.4, 0.5) is 0 Å². The van der Waals surface area contributed by atoms with Crippen molar-refractivity contribution in [1.82, 2.24) is 24.9 Å². The van der Waals surface area contributed by atoms with Crippen LogP contribution in [-0.4, -0.2) is 59.8 Å². The van der Waals surface area contributed by atoms with Gasteiger partial charge in [-0.2, -0.15) is 5.10 Å². The third-order valence-corrected chi connectivity index (χ3v) is 4.98. The molecule has 0 saturated carbocycles. The van der Waals surface area contributed by atoms with E-state index in [0.717, 1.165) is 23.5 Å². The third kappa shape index (κ3) is 7.08. The van der Waals surface area contributed by atoms with E-state index in [1.165, 1.54) is 11.1 Å². The molecule has 1 heterocycles. The summed E-state index contributed by atoms with van der Waals surface area (Å²) in [4.78, 5) is 9.21. The molecule has 1 aromatic carbocycles. The molecule has 1 atom stereocenters. The Morgan fingerprint density at radius 1 is 1.30 bits per heavy atom. The fraction of sp³-hybridized carbons (Fsp3) is 0.474. The summed E-state index contributed by atoms with van der Waals surface area (Å²) in [6, 6.07) is 8.47. The molecule has 150 valence electrons. The van der Waals surface area contributed by atoms with Gasteiger partial charge in [0.15, 0.2) is 5.96 Å². The van der Waals surface area contributed by atoms with Gasteiger partial charge in [0, 0.05) is 43.4 Å². The number of aliphatic imine (C=N–C) groups is 1. The molecule has 0 radical (unpaired) electrons. The van der Waals surface area contributed by atoms with Gasteiger partial charge in [-0.1, -0.05) is 34.1 Å². The van der Waals surface area contributed by atoms with E-state index in [9.17, 15) is 0 Å². The number of rotatable bonds is 7. The summed E-state index contributed by atoms with van der Waals surface area (Å²) in [6.07, 6.45) is 3.97. The molecule has 0 aliphatic rings. The number of hydrogen-bond donors (Lipinski definition) is 1. The lowest BCUT2D eigenvalue weighted by atomic mass is 10.1. The monoisotopic (exact) mass is 548 g/mol. The standard InChI is InChI=1S/C19H29BrN6.HI/c1-6-21-19(25(4)13-15-9-7-8-10-17(15)20)22-12-18(24(2)3)16-11-23-26(5)14-16;/h7-11,14,18H,6,12-13H2,1-5H3,(H,21,22);1H. The summed E-state index contributed by atoms with van der Waals surface area (Å²) in [7, 11) is 8.15. The van der Waals surface area contributed by atoms with E-state index >= 15 is 0 Å². The van der Waals surface area contributed by atoms with Crippen molar-refractivity contribution in [1.29, 1.82) is 0 Å². The van der Waals surface area contributed by atoms with E-state index in [0.29, 0.717) is 6.54 Å². The number of nitrogens with one attached hydrogen (secondary N) is 1. The van der Waals surface area contributed by atoms with Crippen molar-refractivity contribution < 1.29 is 0 Å². The average Bonchev–Trinajstić information content (AvgIpc) is 3.02. The fourth-order valence-corrected chi connectivity index (χ4v) is 3.19. The van der Waals surface area contributed by atoms with Crippen LogP contribution in [0, 0.1) is 0 Å². The molecule has 0 fully saturated rings. The van der Waals surface area contributed by atoms with E-state index in [4.69, 9.17) is 4.99 Å². The highest BCUT2D eigenvalue weighted by Gasteiger charge is 2.17. The second-order valence-corrected chi connectivity index (χ2v) is 7.42. The Labute approximate surface area is 188 Å². The minimum absolute atomic E-state index is 0. The zero-order valence-electron chi connectivity index (χ0n) is 16.7. The summed E-state index contributed by atoms with van der Waals surface area (Å²) >= 11 is 3.62. The van der Waals surface area contributed by atoms with Crippen molar-refractivity contribution in [3.63, 3.8) is 0 Å². The molecule has 0 saturated heterocycles. The number of nitrogens with zero attached hydrogens (tertiary/aromatic N) is 5. The maximum Gasteiger partial charge on any atom is 0.194 e. The quantitative estimate of drug-likeness (QED) is 0.327. The van der Waals surface area contributed by atoms with Gasteiger partial charge in [-0.15, -0.1) is 24.0 Å². The molecule has 1 aromatic heterocycles. The highest BCUT2D eigenvalue weighted by atomic mass is 127. The Kier molecular flexibility index (Phi) is 10.3. The minimum atomic E-state index is 0. The lowest BCUT2D eigenvalue weighted by Crippen LogP contribution is -2.39. The maximum atomic E-state index is 4.88. The first-order chi connectivity index (χ1) is 12.4. The molecule has 8 heteroatoms. The van der Waals surface area contributed by atoms with Crippen LogP contribution >= 0.6 is 39.9 Å². The zero-order chi connectivity index (χ0) is 19.1. The highest BCUT2D eigenvalue weighted by Crippen LogP contribution is 2.19. The van der Waals surface area contributed by atoms with E-state index in [2.05, 4.69) is 88.6 Å². The van der Waals surface area contributed by atoms with Crippen LogP contribution in [0.2, 0.25) is 0 Å². The molecule has 0 spiro atoms. The second-order valence-electron chi connectivity index (χ2n) is 6.57. The maximum absolute atomic E-state index is 4.88. The predicted octanol–water partition coefficient (Wildman–Crippen LogP) is 3.50. The minimum Gasteiger partial charge on any atom is -0.357 e. The third-order valence-electron chi connectivity index (χ3n) is 4.21. The number of halogens is 2. The lowest BCUT2D eigenvalue weighted by molar-refractivity contribution is 0.305. The molecule has 27 heavy (non-hydrogen) atoms. The van der Waals surface area contributed by atoms with Crippen LogP contribution in [0.25, 0.3) is 0 Å². The molecule has 2 aromatic rings. The Balaban J connectivity index is 0.00000364. The smallest absolute Gasteiger partial charge is 0.194 e. The lowest BCUT2D eigenvalue weighted by Gasteiger charge is -2.25. The van der Waals surface area contributed by atoms with Crippen molar-refractivity contribution in [3.05, 3.63) is 52.3 Å². The Hall–Kier alpha value is -1.13. The van der Waals surface area contributed by atoms with Crippen LogP contribution in [0.5, 0.6) is 0 Å². The Morgan fingerprint density at radius 3 is 2.56 bits per heavy atom. The van der Waals surface area contributed by atoms with E-state index < -0.39 is 0 Å². The van der Waals surface area contributed by atoms with Crippen LogP contribution in [0.15, 0.2) is 46.1 Å². The summed E-state index contributed by atoms with van der Waals surface area (Å²) < 4.78 is 2.95. The topological polar surface area (TPSA) is 48.7 Å². The first-order valence-corrected chi connectivity index (χ1v) is 9.59. The molecule has 1 unspecified atom stereocenters. The van der Waals surface area contributed by atoms with Gasteiger partial charge >= 0.3 is 0 Å². The van der Waals surface area contributed by atoms with Gasteiger partial charge in [-0.3, -0.25) is 9.67 Å². The van der Waals surface area contributed by atoms with Gasteiger partial charge in [0.1, 0.15) is 0 Å². The Morgan fingerprint density at radius 2 is 2.00 bits per heavy atom. The van der Waals surface area contributed by atoms with Gasteiger partial charge in [0.25, 0.3) is 0 Å². The summed E-state index contributed by atoms with van der Waals surface area (Å²) in [5.41, 5.74) is 2.41. The van der Waals surface area contributed by atoms with Gasteiger partial charge < -0.3 is 15.1 Å². The number of likely N-dealkylation sites (N-methyl/N-ethyl adjacent to an activating group) is 1. The molecule has 0 bridgehead atoms. The fourth-order valence-electron chi connectivity index (χ4n) is 2.78. The summed E-state index contributed by atoms with van der Waals surface area (Å²) in [6.45, 7) is 4.37. The SMILES string of the molecule is CCNC(=NCC(c1cnn(C)c1)N(C)C)N(C)Cc1ccccc1Br.I.